The number of hydrogen-bond donors (Lipinski definition) is 2. The molecule has 0 radical (unpaired) electrons. The Hall–Kier alpha value is -1.85. The van der Waals surface area contributed by atoms with E-state index in [2.05, 4.69) is 25.6 Å². The maximum absolute atomic E-state index is 4.04. The molecule has 6 heteroatoms. The summed E-state index contributed by atoms with van der Waals surface area (Å²) in [5, 5.41) is 7.28. The molecule has 2 aromatic rings. The first kappa shape index (κ1) is 6.84. The van der Waals surface area contributed by atoms with E-state index < -0.39 is 0 Å². The fourth-order valence-corrected chi connectivity index (χ4v) is 0.843. The van der Waals surface area contributed by atoms with Gasteiger partial charge in [-0.1, -0.05) is 0 Å². The van der Waals surface area contributed by atoms with Crippen LogP contribution in [0.2, 0.25) is 0 Å². The van der Waals surface area contributed by atoms with Gasteiger partial charge in [-0.05, 0) is 0 Å². The minimum Gasteiger partial charge on any atom is -0.347 e. The van der Waals surface area contributed by atoms with E-state index in [1.165, 1.54) is 0 Å². The normalized spacial score (nSPS) is 10.0. The summed E-state index contributed by atoms with van der Waals surface area (Å²) in [7, 11) is 0. The van der Waals surface area contributed by atoms with Gasteiger partial charge in [-0.2, -0.15) is 0 Å². The second-order valence-corrected chi connectivity index (χ2v) is 2.24. The molecule has 0 spiro atoms. The topological polar surface area (TPSA) is 71.4 Å². The molecule has 62 valence electrons. The standard InChI is InChI=1S/C6H8N6/c1-2-8-6(7-1)3-11-12-4-9-10-5-12/h1-2,4-5,11H,3H2,(H,7,8). The second kappa shape index (κ2) is 3.04. The quantitative estimate of drug-likeness (QED) is 0.656. The van der Waals surface area contributed by atoms with Crippen LogP contribution in [0.25, 0.3) is 0 Å². The number of imidazole rings is 1. The Morgan fingerprint density at radius 3 is 2.92 bits per heavy atom. The van der Waals surface area contributed by atoms with Gasteiger partial charge in [0.1, 0.15) is 18.5 Å². The summed E-state index contributed by atoms with van der Waals surface area (Å²) in [4.78, 5) is 7.02. The van der Waals surface area contributed by atoms with E-state index in [0.29, 0.717) is 6.54 Å². The highest BCUT2D eigenvalue weighted by atomic mass is 15.5. The van der Waals surface area contributed by atoms with Gasteiger partial charge in [0.2, 0.25) is 0 Å². The third-order valence-corrected chi connectivity index (χ3v) is 1.40. The highest BCUT2D eigenvalue weighted by Crippen LogP contribution is 1.87. The molecule has 2 heterocycles. The third kappa shape index (κ3) is 1.42. The van der Waals surface area contributed by atoms with E-state index in [9.17, 15) is 0 Å². The first-order valence-corrected chi connectivity index (χ1v) is 3.52. The van der Waals surface area contributed by atoms with Gasteiger partial charge < -0.3 is 10.4 Å². The summed E-state index contributed by atoms with van der Waals surface area (Å²) in [5.41, 5.74) is 3.02. The third-order valence-electron chi connectivity index (χ3n) is 1.40. The van der Waals surface area contributed by atoms with Crippen molar-refractivity contribution < 1.29 is 0 Å². The van der Waals surface area contributed by atoms with E-state index in [4.69, 9.17) is 0 Å². The zero-order chi connectivity index (χ0) is 8.23. The maximum atomic E-state index is 4.04. The van der Waals surface area contributed by atoms with Crippen LogP contribution in [-0.2, 0) is 6.54 Å². The zero-order valence-electron chi connectivity index (χ0n) is 6.31. The molecular formula is C6H8N6. The Balaban J connectivity index is 1.91. The minimum atomic E-state index is 0.630. The van der Waals surface area contributed by atoms with Gasteiger partial charge in [0.15, 0.2) is 0 Å². The second-order valence-electron chi connectivity index (χ2n) is 2.24. The largest absolute Gasteiger partial charge is 0.347 e. The van der Waals surface area contributed by atoms with Crippen LogP contribution in [0, 0.1) is 0 Å². The van der Waals surface area contributed by atoms with Crippen molar-refractivity contribution in [3.05, 3.63) is 30.9 Å². The molecule has 0 fully saturated rings. The molecule has 2 aromatic heterocycles. The van der Waals surface area contributed by atoms with Gasteiger partial charge in [0, 0.05) is 12.4 Å². The van der Waals surface area contributed by atoms with Crippen molar-refractivity contribution in [2.75, 3.05) is 5.43 Å². The van der Waals surface area contributed by atoms with Crippen LogP contribution < -0.4 is 5.43 Å². The van der Waals surface area contributed by atoms with Crippen molar-refractivity contribution in [2.45, 2.75) is 6.54 Å². The van der Waals surface area contributed by atoms with Crippen molar-refractivity contribution in [1.82, 2.24) is 24.8 Å². The summed E-state index contributed by atoms with van der Waals surface area (Å²) in [5.74, 6) is 0.878. The van der Waals surface area contributed by atoms with Gasteiger partial charge in [-0.15, -0.1) is 10.2 Å². The monoisotopic (exact) mass is 164 g/mol. The molecule has 0 amide bonds. The van der Waals surface area contributed by atoms with Gasteiger partial charge in [0.05, 0.1) is 6.54 Å². The summed E-state index contributed by atoms with van der Waals surface area (Å²) < 4.78 is 1.67. The molecule has 0 saturated heterocycles. The first-order chi connectivity index (χ1) is 5.95. The number of aromatic amines is 1. The van der Waals surface area contributed by atoms with Crippen molar-refractivity contribution >= 4 is 0 Å². The van der Waals surface area contributed by atoms with Crippen LogP contribution in [0.1, 0.15) is 5.82 Å². The molecule has 0 atom stereocenters. The van der Waals surface area contributed by atoms with Crippen LogP contribution in [-0.4, -0.2) is 24.8 Å². The Morgan fingerprint density at radius 1 is 1.42 bits per heavy atom. The Bertz CT molecular complexity index is 275. The van der Waals surface area contributed by atoms with Gasteiger partial charge in [-0.3, -0.25) is 0 Å². The number of aromatic nitrogens is 5. The lowest BCUT2D eigenvalue weighted by atomic mass is 10.6. The van der Waals surface area contributed by atoms with Gasteiger partial charge in [-0.25, -0.2) is 9.66 Å². The highest BCUT2D eigenvalue weighted by Gasteiger charge is 1.92. The molecule has 0 unspecified atom stereocenters. The number of nitrogens with one attached hydrogen (secondary N) is 2. The predicted molar refractivity (Wildman–Crippen MR) is 41.7 cm³/mol. The first-order valence-electron chi connectivity index (χ1n) is 3.52. The zero-order valence-corrected chi connectivity index (χ0v) is 6.31. The molecule has 0 aliphatic rings. The van der Waals surface area contributed by atoms with E-state index in [1.54, 1.807) is 29.7 Å². The van der Waals surface area contributed by atoms with Gasteiger partial charge >= 0.3 is 0 Å². The molecular weight excluding hydrogens is 156 g/mol. The van der Waals surface area contributed by atoms with E-state index in [1.807, 2.05) is 0 Å². The van der Waals surface area contributed by atoms with Crippen molar-refractivity contribution in [1.29, 1.82) is 0 Å². The van der Waals surface area contributed by atoms with Crippen LogP contribution in [0.5, 0.6) is 0 Å². The fourth-order valence-electron chi connectivity index (χ4n) is 0.843. The molecule has 2 N–H and O–H groups in total. The van der Waals surface area contributed by atoms with Crippen LogP contribution in [0.3, 0.4) is 0 Å². The molecule has 12 heavy (non-hydrogen) atoms. The average molecular weight is 164 g/mol. The van der Waals surface area contributed by atoms with Crippen molar-refractivity contribution in [2.24, 2.45) is 0 Å². The van der Waals surface area contributed by atoms with Gasteiger partial charge in [0.25, 0.3) is 0 Å². The minimum absolute atomic E-state index is 0.630. The van der Waals surface area contributed by atoms with Crippen LogP contribution in [0.4, 0.5) is 0 Å². The van der Waals surface area contributed by atoms with E-state index in [-0.39, 0.29) is 0 Å². The Labute approximate surface area is 68.6 Å². The number of H-pyrrole nitrogens is 1. The summed E-state index contributed by atoms with van der Waals surface area (Å²) in [6.45, 7) is 0.630. The summed E-state index contributed by atoms with van der Waals surface area (Å²) in [6, 6.07) is 0. The lowest BCUT2D eigenvalue weighted by Crippen LogP contribution is -2.12. The predicted octanol–water partition coefficient (Wildman–Crippen LogP) is -0.255. The number of rotatable bonds is 3. The maximum Gasteiger partial charge on any atom is 0.138 e. The molecule has 6 nitrogen and oxygen atoms in total. The van der Waals surface area contributed by atoms with E-state index >= 15 is 0 Å². The molecule has 2 rings (SSSR count). The molecule has 0 aromatic carbocycles. The molecule has 0 saturated carbocycles. The summed E-state index contributed by atoms with van der Waals surface area (Å²) in [6.07, 6.45) is 6.66. The molecule has 0 aliphatic heterocycles. The van der Waals surface area contributed by atoms with Crippen LogP contribution in [0.15, 0.2) is 25.0 Å². The number of nitrogens with zero attached hydrogens (tertiary/aromatic N) is 4. The van der Waals surface area contributed by atoms with E-state index in [0.717, 1.165) is 5.82 Å². The molecule has 0 bridgehead atoms. The SMILES string of the molecule is c1c[nH]c(CNn2cnnc2)n1. The fraction of sp³-hybridized carbons (Fsp3) is 0.167. The molecule has 0 aliphatic carbocycles. The Morgan fingerprint density at radius 2 is 2.25 bits per heavy atom. The summed E-state index contributed by atoms with van der Waals surface area (Å²) >= 11 is 0. The Kier molecular flexibility index (Phi) is 1.73. The number of hydrogen-bond acceptors (Lipinski definition) is 4. The lowest BCUT2D eigenvalue weighted by Gasteiger charge is -2.01. The van der Waals surface area contributed by atoms with Crippen molar-refractivity contribution in [3.63, 3.8) is 0 Å². The average Bonchev–Trinajstić information content (AvgIpc) is 2.74. The van der Waals surface area contributed by atoms with Crippen molar-refractivity contribution in [3.8, 4) is 0 Å². The van der Waals surface area contributed by atoms with Crippen LogP contribution >= 0.6 is 0 Å². The highest BCUT2D eigenvalue weighted by molar-refractivity contribution is 4.90. The lowest BCUT2D eigenvalue weighted by molar-refractivity contribution is 0.806. The smallest absolute Gasteiger partial charge is 0.138 e.